The van der Waals surface area contributed by atoms with E-state index in [1.165, 1.54) is 32.1 Å². The number of aliphatic hydroxyl groups is 1. The van der Waals surface area contributed by atoms with E-state index in [0.717, 1.165) is 64.2 Å². The maximum Gasteiger partial charge on any atom is 1.00 e. The Hall–Kier alpha value is 0.870. The van der Waals surface area contributed by atoms with Gasteiger partial charge in [0.05, 0.1) is 16.2 Å². The summed E-state index contributed by atoms with van der Waals surface area (Å²) in [7, 11) is -4.13. The Morgan fingerprint density at radius 1 is 0.667 bits per heavy atom. The van der Waals surface area contributed by atoms with Gasteiger partial charge in [-0.25, -0.2) is 8.42 Å². The molecule has 158 valence electrons. The Morgan fingerprint density at radius 2 is 1.00 bits per heavy atom. The second-order valence-corrected chi connectivity index (χ2v) is 9.46. The third-order valence-electron chi connectivity index (χ3n) is 5.24. The van der Waals surface area contributed by atoms with E-state index in [-0.39, 0.29) is 35.7 Å². The van der Waals surface area contributed by atoms with Crippen LogP contribution in [-0.4, -0.2) is 29.4 Å². The molecule has 27 heavy (non-hydrogen) atoms. The van der Waals surface area contributed by atoms with Gasteiger partial charge in [0.25, 0.3) is 0 Å². The van der Waals surface area contributed by atoms with E-state index in [1.807, 2.05) is 6.92 Å². The Kier molecular flexibility index (Phi) is 22.4. The van der Waals surface area contributed by atoms with Crippen molar-refractivity contribution in [3.8, 4) is 0 Å². The van der Waals surface area contributed by atoms with Gasteiger partial charge < -0.3 is 9.66 Å². The first kappa shape index (κ1) is 30.1. The molecule has 0 aliphatic heterocycles. The summed E-state index contributed by atoms with van der Waals surface area (Å²) in [5.41, 5.74) is 0. The minimum absolute atomic E-state index is 0. The largest absolute Gasteiger partial charge is 1.00 e. The summed E-state index contributed by atoms with van der Waals surface area (Å²) in [6, 6.07) is 0. The molecule has 0 aromatic carbocycles. The van der Waals surface area contributed by atoms with Crippen LogP contribution in [0.3, 0.4) is 0 Å². The molecule has 0 aromatic heterocycles. The molecule has 6 heteroatoms. The summed E-state index contributed by atoms with van der Waals surface area (Å²) >= 11 is 0. The Labute approximate surface area is 191 Å². The second-order valence-electron chi connectivity index (χ2n) is 7.81. The van der Waals surface area contributed by atoms with E-state index in [4.69, 9.17) is 0 Å². The average molecular weight is 415 g/mol. The number of rotatable bonds is 19. The van der Waals surface area contributed by atoms with E-state index in [0.29, 0.717) is 12.8 Å². The minimum atomic E-state index is -4.13. The molecule has 2 unspecified atom stereocenters. The summed E-state index contributed by atoms with van der Waals surface area (Å²) in [4.78, 5) is 0. The van der Waals surface area contributed by atoms with Crippen LogP contribution in [0.25, 0.3) is 0 Å². The van der Waals surface area contributed by atoms with Crippen molar-refractivity contribution in [3.05, 3.63) is 0 Å². The third kappa shape index (κ3) is 19.9. The summed E-state index contributed by atoms with van der Waals surface area (Å²) in [5.74, 6) is 0. The van der Waals surface area contributed by atoms with E-state index in [1.54, 1.807) is 0 Å². The monoisotopic (exact) mass is 414 g/mol. The standard InChI is InChI=1S/C21H44O4S.Na/c1-3-5-16-20(22)17-14-12-10-8-7-9-11-13-15-19-21(18-6-4-2)26(23,24)25;/h20-22H,3-19H2,1-2H3,(H,23,24,25);/q;+1/p-1. The molecule has 2 atom stereocenters. The van der Waals surface area contributed by atoms with Crippen LogP contribution in [0.2, 0.25) is 0 Å². The zero-order valence-corrected chi connectivity index (χ0v) is 21.1. The molecule has 4 nitrogen and oxygen atoms in total. The van der Waals surface area contributed by atoms with Gasteiger partial charge in [0.1, 0.15) is 0 Å². The van der Waals surface area contributed by atoms with Gasteiger partial charge in [0, 0.05) is 5.25 Å². The Bertz CT molecular complexity index is 401. The fourth-order valence-corrected chi connectivity index (χ4v) is 4.35. The molecule has 0 fully saturated rings. The average Bonchev–Trinajstić information content (AvgIpc) is 2.59. The normalized spacial score (nSPS) is 13.9. The molecule has 0 saturated carbocycles. The first-order valence-electron chi connectivity index (χ1n) is 11.0. The number of hydrogen-bond donors (Lipinski definition) is 1. The molecule has 0 radical (unpaired) electrons. The van der Waals surface area contributed by atoms with Crippen LogP contribution in [0.5, 0.6) is 0 Å². The van der Waals surface area contributed by atoms with Crippen molar-refractivity contribution in [2.24, 2.45) is 0 Å². The molecule has 0 amide bonds. The maximum absolute atomic E-state index is 11.3. The van der Waals surface area contributed by atoms with Gasteiger partial charge in [-0.05, 0) is 25.7 Å². The quantitative estimate of drug-likeness (QED) is 0.200. The summed E-state index contributed by atoms with van der Waals surface area (Å²) in [6.07, 6.45) is 17.2. The number of hydrogen-bond acceptors (Lipinski definition) is 4. The zero-order valence-electron chi connectivity index (χ0n) is 18.3. The molecule has 0 aromatic rings. The van der Waals surface area contributed by atoms with Gasteiger partial charge >= 0.3 is 29.6 Å². The van der Waals surface area contributed by atoms with Crippen molar-refractivity contribution in [3.63, 3.8) is 0 Å². The molecular weight excluding hydrogens is 371 g/mol. The van der Waals surface area contributed by atoms with E-state index in [9.17, 15) is 18.1 Å². The van der Waals surface area contributed by atoms with Gasteiger partial charge in [-0.2, -0.15) is 0 Å². The summed E-state index contributed by atoms with van der Waals surface area (Å²) in [5, 5.41) is 9.11. The Morgan fingerprint density at radius 3 is 1.44 bits per heavy atom. The molecule has 0 rings (SSSR count). The number of aliphatic hydroxyl groups excluding tert-OH is 1. The minimum Gasteiger partial charge on any atom is -0.748 e. The summed E-state index contributed by atoms with van der Waals surface area (Å²) in [6.45, 7) is 4.17. The van der Waals surface area contributed by atoms with Crippen molar-refractivity contribution in [1.29, 1.82) is 0 Å². The van der Waals surface area contributed by atoms with Gasteiger partial charge in [0.15, 0.2) is 0 Å². The van der Waals surface area contributed by atoms with E-state index in [2.05, 4.69) is 6.92 Å². The van der Waals surface area contributed by atoms with Crippen molar-refractivity contribution in [1.82, 2.24) is 0 Å². The smallest absolute Gasteiger partial charge is 0.748 e. The molecule has 1 N–H and O–H groups in total. The maximum atomic E-state index is 11.3. The van der Waals surface area contributed by atoms with Crippen LogP contribution in [0.15, 0.2) is 0 Å². The van der Waals surface area contributed by atoms with Crippen LogP contribution in [0.1, 0.15) is 123 Å². The van der Waals surface area contributed by atoms with Crippen molar-refractivity contribution >= 4 is 10.1 Å². The van der Waals surface area contributed by atoms with Crippen LogP contribution in [-0.2, 0) is 10.1 Å². The predicted molar refractivity (Wildman–Crippen MR) is 109 cm³/mol. The van der Waals surface area contributed by atoms with Crippen molar-refractivity contribution < 1.29 is 47.6 Å². The Balaban J connectivity index is 0. The summed E-state index contributed by atoms with van der Waals surface area (Å²) < 4.78 is 33.8. The van der Waals surface area contributed by atoms with Gasteiger partial charge in [0.2, 0.25) is 0 Å². The molecule has 0 aliphatic carbocycles. The zero-order chi connectivity index (χ0) is 19.7. The van der Waals surface area contributed by atoms with Crippen LogP contribution < -0.4 is 29.6 Å². The molecule has 0 heterocycles. The van der Waals surface area contributed by atoms with Crippen molar-refractivity contribution in [2.75, 3.05) is 0 Å². The third-order valence-corrected chi connectivity index (χ3v) is 6.53. The topological polar surface area (TPSA) is 77.4 Å². The van der Waals surface area contributed by atoms with Crippen LogP contribution >= 0.6 is 0 Å². The number of unbranched alkanes of at least 4 members (excludes halogenated alkanes) is 10. The fourth-order valence-electron chi connectivity index (χ4n) is 3.44. The predicted octanol–water partition coefficient (Wildman–Crippen LogP) is 2.94. The fraction of sp³-hybridized carbons (Fsp3) is 1.00. The van der Waals surface area contributed by atoms with E-state index < -0.39 is 15.4 Å². The second kappa shape index (κ2) is 20.2. The molecule has 0 bridgehead atoms. The van der Waals surface area contributed by atoms with Crippen LogP contribution in [0, 0.1) is 0 Å². The SMILES string of the molecule is CCCCC(O)CCCCCCCCCCCC(CCCC)S(=O)(=O)[O-].[Na+]. The molecular formula is C21H43NaO4S. The van der Waals surface area contributed by atoms with E-state index >= 15 is 0 Å². The van der Waals surface area contributed by atoms with Gasteiger partial charge in [-0.1, -0.05) is 97.3 Å². The molecule has 0 saturated heterocycles. The first-order chi connectivity index (χ1) is 12.4. The van der Waals surface area contributed by atoms with Gasteiger partial charge in [-0.15, -0.1) is 0 Å². The molecule has 0 spiro atoms. The van der Waals surface area contributed by atoms with Gasteiger partial charge in [-0.3, -0.25) is 0 Å². The molecule has 0 aliphatic rings. The first-order valence-corrected chi connectivity index (χ1v) is 12.5. The van der Waals surface area contributed by atoms with Crippen molar-refractivity contribution in [2.45, 2.75) is 134 Å². The van der Waals surface area contributed by atoms with Crippen LogP contribution in [0.4, 0.5) is 0 Å².